The summed E-state index contributed by atoms with van der Waals surface area (Å²) in [6, 6.07) is 18.3. The van der Waals surface area contributed by atoms with E-state index in [4.69, 9.17) is 4.74 Å². The van der Waals surface area contributed by atoms with Gasteiger partial charge in [-0.2, -0.15) is 0 Å². The second kappa shape index (κ2) is 7.26. The van der Waals surface area contributed by atoms with E-state index in [0.29, 0.717) is 11.1 Å². The van der Waals surface area contributed by atoms with E-state index in [0.717, 1.165) is 17.4 Å². The molecule has 1 heterocycles. The molecule has 1 aromatic heterocycles. The maximum Gasteiger partial charge on any atom is 0.357 e. The Bertz CT molecular complexity index is 916. The number of Topliss-reactive ketones (excluding diaryl/α,β-unsaturated/α-hetero) is 1. The van der Waals surface area contributed by atoms with E-state index in [-0.39, 0.29) is 11.5 Å². The highest BCUT2D eigenvalue weighted by molar-refractivity contribution is 6.01. The third-order valence-electron chi connectivity index (χ3n) is 4.11. The van der Waals surface area contributed by atoms with Gasteiger partial charge in [0.1, 0.15) is 5.69 Å². The van der Waals surface area contributed by atoms with Crippen LogP contribution in [0.2, 0.25) is 0 Å². The molecule has 2 aromatic carbocycles. The van der Waals surface area contributed by atoms with Gasteiger partial charge in [0.25, 0.3) is 0 Å². The summed E-state index contributed by atoms with van der Waals surface area (Å²) in [4.78, 5) is 29.0. The molecule has 4 heteroatoms. The molecule has 1 atom stereocenters. The van der Waals surface area contributed by atoms with Crippen LogP contribution < -0.4 is 0 Å². The zero-order valence-electron chi connectivity index (χ0n) is 14.2. The number of carbonyl (C=O) groups is 2. The van der Waals surface area contributed by atoms with Crippen LogP contribution in [0.3, 0.4) is 0 Å². The molecule has 0 saturated heterocycles. The van der Waals surface area contributed by atoms with Gasteiger partial charge in [-0.05, 0) is 31.0 Å². The highest BCUT2D eigenvalue weighted by Crippen LogP contribution is 2.14. The minimum atomic E-state index is -0.867. The second-order valence-electron chi connectivity index (χ2n) is 5.85. The molecule has 25 heavy (non-hydrogen) atoms. The van der Waals surface area contributed by atoms with Crippen LogP contribution in [0.15, 0.2) is 60.7 Å². The number of ether oxygens (including phenoxy) is 1. The molecule has 0 aliphatic carbocycles. The highest BCUT2D eigenvalue weighted by atomic mass is 16.5. The summed E-state index contributed by atoms with van der Waals surface area (Å²) in [6.07, 6.45) is 0.0420. The lowest BCUT2D eigenvalue weighted by atomic mass is 10.0. The van der Waals surface area contributed by atoms with Crippen LogP contribution in [0, 0.1) is 0 Å². The average Bonchev–Trinajstić information content (AvgIpc) is 2.67. The molecule has 0 spiro atoms. The van der Waals surface area contributed by atoms with Crippen molar-refractivity contribution in [1.82, 2.24) is 4.98 Å². The molecule has 1 unspecified atom stereocenters. The van der Waals surface area contributed by atoms with Gasteiger partial charge in [-0.15, -0.1) is 0 Å². The standard InChI is InChI=1S/C21H19NO3/c1-3-15-8-10-17(11-9-15)20(23)14(2)25-21(24)19-13-12-16-6-4-5-7-18(16)22-19/h4-14H,3H2,1-2H3. The first-order valence-electron chi connectivity index (χ1n) is 8.28. The first-order chi connectivity index (χ1) is 12.1. The van der Waals surface area contributed by atoms with Gasteiger partial charge in [0.15, 0.2) is 6.10 Å². The van der Waals surface area contributed by atoms with Gasteiger partial charge in [0.2, 0.25) is 5.78 Å². The van der Waals surface area contributed by atoms with Crippen molar-refractivity contribution in [2.75, 3.05) is 0 Å². The van der Waals surface area contributed by atoms with E-state index in [9.17, 15) is 9.59 Å². The summed E-state index contributed by atoms with van der Waals surface area (Å²) in [5.74, 6) is -0.825. The summed E-state index contributed by atoms with van der Waals surface area (Å²) >= 11 is 0. The molecule has 0 radical (unpaired) electrons. The normalized spacial score (nSPS) is 11.9. The first-order valence-corrected chi connectivity index (χ1v) is 8.28. The highest BCUT2D eigenvalue weighted by Gasteiger charge is 2.21. The van der Waals surface area contributed by atoms with Crippen LogP contribution >= 0.6 is 0 Å². The summed E-state index contributed by atoms with van der Waals surface area (Å²) in [5, 5.41) is 0.944. The van der Waals surface area contributed by atoms with Crippen molar-refractivity contribution in [1.29, 1.82) is 0 Å². The first kappa shape index (κ1) is 16.8. The van der Waals surface area contributed by atoms with Crippen LogP contribution in [-0.2, 0) is 11.2 Å². The zero-order valence-corrected chi connectivity index (χ0v) is 14.2. The number of fused-ring (bicyclic) bond motifs is 1. The second-order valence-corrected chi connectivity index (χ2v) is 5.85. The average molecular weight is 333 g/mol. The van der Waals surface area contributed by atoms with Crippen molar-refractivity contribution < 1.29 is 14.3 Å². The molecule has 4 nitrogen and oxygen atoms in total. The third-order valence-corrected chi connectivity index (χ3v) is 4.11. The lowest BCUT2D eigenvalue weighted by Gasteiger charge is -2.12. The predicted octanol–water partition coefficient (Wildman–Crippen LogP) is 4.23. The molecule has 3 aromatic rings. The van der Waals surface area contributed by atoms with E-state index in [1.165, 1.54) is 0 Å². The number of aromatic nitrogens is 1. The quantitative estimate of drug-likeness (QED) is 0.518. The molecule has 0 saturated carbocycles. The predicted molar refractivity (Wildman–Crippen MR) is 96.8 cm³/mol. The number of pyridine rings is 1. The van der Waals surface area contributed by atoms with Crippen molar-refractivity contribution in [2.24, 2.45) is 0 Å². The third kappa shape index (κ3) is 3.74. The number of para-hydroxylation sites is 1. The number of nitrogens with zero attached hydrogens (tertiary/aromatic N) is 1. The van der Waals surface area contributed by atoms with Crippen LogP contribution in [0.4, 0.5) is 0 Å². The lowest BCUT2D eigenvalue weighted by molar-refractivity contribution is 0.0313. The SMILES string of the molecule is CCc1ccc(C(=O)C(C)OC(=O)c2ccc3ccccc3n2)cc1. The van der Waals surface area contributed by atoms with E-state index in [2.05, 4.69) is 11.9 Å². The number of esters is 1. The maximum absolute atomic E-state index is 12.4. The summed E-state index contributed by atoms with van der Waals surface area (Å²) in [5.41, 5.74) is 2.59. The minimum Gasteiger partial charge on any atom is -0.450 e. The molecular formula is C21H19NO3. The van der Waals surface area contributed by atoms with E-state index < -0.39 is 12.1 Å². The largest absolute Gasteiger partial charge is 0.450 e. The number of ketones is 1. The number of hydrogen-bond donors (Lipinski definition) is 0. The number of aryl methyl sites for hydroxylation is 1. The summed E-state index contributed by atoms with van der Waals surface area (Å²) < 4.78 is 5.31. The molecule has 3 rings (SSSR count). The Morgan fingerprint density at radius 2 is 1.72 bits per heavy atom. The van der Waals surface area contributed by atoms with Crippen molar-refractivity contribution in [2.45, 2.75) is 26.4 Å². The van der Waals surface area contributed by atoms with Crippen molar-refractivity contribution in [3.05, 3.63) is 77.5 Å². The van der Waals surface area contributed by atoms with Gasteiger partial charge in [-0.1, -0.05) is 55.5 Å². The monoisotopic (exact) mass is 333 g/mol. The zero-order chi connectivity index (χ0) is 17.8. The van der Waals surface area contributed by atoms with Crippen LogP contribution in [-0.4, -0.2) is 22.8 Å². The molecule has 0 aliphatic rings. The number of carbonyl (C=O) groups excluding carboxylic acids is 2. The van der Waals surface area contributed by atoms with Crippen molar-refractivity contribution in [3.63, 3.8) is 0 Å². The van der Waals surface area contributed by atoms with Crippen molar-refractivity contribution >= 4 is 22.7 Å². The molecule has 126 valence electrons. The Morgan fingerprint density at radius 1 is 1.00 bits per heavy atom. The van der Waals surface area contributed by atoms with Gasteiger partial charge in [0.05, 0.1) is 5.52 Å². The topological polar surface area (TPSA) is 56.3 Å². The van der Waals surface area contributed by atoms with Crippen molar-refractivity contribution in [3.8, 4) is 0 Å². The Labute approximate surface area is 146 Å². The Balaban J connectivity index is 1.72. The molecule has 0 N–H and O–H groups in total. The van der Waals surface area contributed by atoms with Crippen LogP contribution in [0.25, 0.3) is 10.9 Å². The summed E-state index contributed by atoms with van der Waals surface area (Å²) in [6.45, 7) is 3.63. The van der Waals surface area contributed by atoms with Gasteiger partial charge in [0, 0.05) is 10.9 Å². The number of rotatable bonds is 5. The van der Waals surface area contributed by atoms with E-state index in [1.807, 2.05) is 42.5 Å². The minimum absolute atomic E-state index is 0.194. The van der Waals surface area contributed by atoms with Gasteiger partial charge in [-0.3, -0.25) is 4.79 Å². The molecule has 0 aliphatic heterocycles. The van der Waals surface area contributed by atoms with Gasteiger partial charge < -0.3 is 4.74 Å². The fourth-order valence-corrected chi connectivity index (χ4v) is 2.59. The number of benzene rings is 2. The summed E-state index contributed by atoms with van der Waals surface area (Å²) in [7, 11) is 0. The van der Waals surface area contributed by atoms with Gasteiger partial charge >= 0.3 is 5.97 Å². The molecule has 0 bridgehead atoms. The fraction of sp³-hybridized carbons (Fsp3) is 0.190. The maximum atomic E-state index is 12.4. The Morgan fingerprint density at radius 3 is 2.44 bits per heavy atom. The number of hydrogen-bond acceptors (Lipinski definition) is 4. The van der Waals surface area contributed by atoms with E-state index >= 15 is 0 Å². The molecule has 0 amide bonds. The fourth-order valence-electron chi connectivity index (χ4n) is 2.59. The molecule has 0 fully saturated rings. The Hall–Kier alpha value is -3.01. The lowest BCUT2D eigenvalue weighted by Crippen LogP contribution is -2.24. The van der Waals surface area contributed by atoms with Crippen LogP contribution in [0.1, 0.15) is 40.3 Å². The van der Waals surface area contributed by atoms with E-state index in [1.54, 1.807) is 25.1 Å². The molecular weight excluding hydrogens is 314 g/mol. The Kier molecular flexibility index (Phi) is 4.89. The van der Waals surface area contributed by atoms with Gasteiger partial charge in [-0.25, -0.2) is 9.78 Å². The van der Waals surface area contributed by atoms with Crippen LogP contribution in [0.5, 0.6) is 0 Å². The smallest absolute Gasteiger partial charge is 0.357 e.